The number of benzene rings is 1. The maximum absolute atomic E-state index is 12.4. The molecule has 0 saturated carbocycles. The van der Waals surface area contributed by atoms with E-state index in [1.54, 1.807) is 19.1 Å². The highest BCUT2D eigenvalue weighted by Gasteiger charge is 2.18. The molecule has 6 nitrogen and oxygen atoms in total. The summed E-state index contributed by atoms with van der Waals surface area (Å²) in [6.45, 7) is 7.80. The Balaban J connectivity index is 1.57. The van der Waals surface area contributed by atoms with E-state index in [4.69, 9.17) is 11.6 Å². The van der Waals surface area contributed by atoms with Crippen LogP contribution in [0, 0.1) is 12.8 Å². The molecule has 0 radical (unpaired) electrons. The van der Waals surface area contributed by atoms with Crippen molar-refractivity contribution in [2.75, 3.05) is 26.2 Å². The van der Waals surface area contributed by atoms with Crippen molar-refractivity contribution in [1.29, 1.82) is 0 Å². The first-order valence-electron chi connectivity index (χ1n) is 8.73. The fraction of sp³-hybridized carbons (Fsp3) is 0.500. The van der Waals surface area contributed by atoms with Gasteiger partial charge in [-0.15, -0.1) is 5.10 Å². The Hall–Kier alpha value is -1.92. The summed E-state index contributed by atoms with van der Waals surface area (Å²) in [6.07, 6.45) is 2.47. The summed E-state index contributed by atoms with van der Waals surface area (Å²) in [5, 5.41) is 12.2. The SMILES string of the molecule is Cc1nn(-c2cccc(Cl)c2)nc1C(=O)NCCN1CCC(C)CC1. The quantitative estimate of drug-likeness (QED) is 0.889. The van der Waals surface area contributed by atoms with Crippen LogP contribution < -0.4 is 5.32 Å². The number of hydrogen-bond donors (Lipinski definition) is 1. The lowest BCUT2D eigenvalue weighted by atomic mass is 9.99. The number of amides is 1. The third-order valence-electron chi connectivity index (χ3n) is 4.63. The van der Waals surface area contributed by atoms with Gasteiger partial charge in [-0.1, -0.05) is 24.6 Å². The smallest absolute Gasteiger partial charge is 0.273 e. The molecule has 0 aliphatic carbocycles. The van der Waals surface area contributed by atoms with Gasteiger partial charge in [-0.05, 0) is 57.0 Å². The molecule has 7 heteroatoms. The van der Waals surface area contributed by atoms with Crippen LogP contribution in [0.3, 0.4) is 0 Å². The molecule has 1 saturated heterocycles. The molecule has 1 fully saturated rings. The van der Waals surface area contributed by atoms with Gasteiger partial charge in [0.15, 0.2) is 5.69 Å². The highest BCUT2D eigenvalue weighted by molar-refractivity contribution is 6.30. The number of halogens is 1. The van der Waals surface area contributed by atoms with Gasteiger partial charge in [0.1, 0.15) is 0 Å². The Labute approximate surface area is 153 Å². The predicted molar refractivity (Wildman–Crippen MR) is 98.3 cm³/mol. The Bertz CT molecular complexity index is 737. The van der Waals surface area contributed by atoms with Gasteiger partial charge in [0.2, 0.25) is 0 Å². The van der Waals surface area contributed by atoms with Crippen molar-refractivity contribution >= 4 is 17.5 Å². The van der Waals surface area contributed by atoms with Crippen molar-refractivity contribution in [3.8, 4) is 5.69 Å². The van der Waals surface area contributed by atoms with Crippen molar-refractivity contribution < 1.29 is 4.79 Å². The molecule has 0 spiro atoms. The lowest BCUT2D eigenvalue weighted by Gasteiger charge is -2.30. The van der Waals surface area contributed by atoms with Crippen molar-refractivity contribution in [3.63, 3.8) is 0 Å². The number of aromatic nitrogens is 3. The molecule has 1 aliphatic heterocycles. The highest BCUT2D eigenvalue weighted by atomic mass is 35.5. The van der Waals surface area contributed by atoms with E-state index in [2.05, 4.69) is 27.3 Å². The van der Waals surface area contributed by atoms with Gasteiger partial charge in [-0.3, -0.25) is 4.79 Å². The lowest BCUT2D eigenvalue weighted by molar-refractivity contribution is 0.0938. The van der Waals surface area contributed by atoms with Gasteiger partial charge in [0.25, 0.3) is 5.91 Å². The van der Waals surface area contributed by atoms with Crippen LogP contribution in [0.25, 0.3) is 5.69 Å². The van der Waals surface area contributed by atoms with Gasteiger partial charge in [0.05, 0.1) is 11.4 Å². The van der Waals surface area contributed by atoms with E-state index in [0.29, 0.717) is 23.0 Å². The number of nitrogens with zero attached hydrogens (tertiary/aromatic N) is 4. The zero-order valence-electron chi connectivity index (χ0n) is 14.7. The maximum atomic E-state index is 12.4. The van der Waals surface area contributed by atoms with Crippen molar-refractivity contribution in [2.45, 2.75) is 26.7 Å². The Kier molecular flexibility index (Phi) is 5.71. The maximum Gasteiger partial charge on any atom is 0.273 e. The number of hydrogen-bond acceptors (Lipinski definition) is 4. The lowest BCUT2D eigenvalue weighted by Crippen LogP contribution is -2.39. The minimum absolute atomic E-state index is 0.184. The molecule has 1 amide bonds. The summed E-state index contributed by atoms with van der Waals surface area (Å²) >= 11 is 6.00. The molecule has 1 aromatic heterocycles. The summed E-state index contributed by atoms with van der Waals surface area (Å²) in [5.41, 5.74) is 1.69. The second-order valence-corrected chi connectivity index (χ2v) is 7.12. The normalized spacial score (nSPS) is 16.1. The van der Waals surface area contributed by atoms with E-state index in [1.165, 1.54) is 17.6 Å². The van der Waals surface area contributed by atoms with E-state index >= 15 is 0 Å². The summed E-state index contributed by atoms with van der Waals surface area (Å²) in [6, 6.07) is 7.23. The summed E-state index contributed by atoms with van der Waals surface area (Å²) in [7, 11) is 0. The van der Waals surface area contributed by atoms with Crippen LogP contribution in [0.1, 0.15) is 35.9 Å². The van der Waals surface area contributed by atoms with Gasteiger partial charge < -0.3 is 10.2 Å². The number of likely N-dealkylation sites (tertiary alicyclic amines) is 1. The fourth-order valence-corrected chi connectivity index (χ4v) is 3.19. The summed E-state index contributed by atoms with van der Waals surface area (Å²) < 4.78 is 0. The number of aryl methyl sites for hydroxylation is 1. The first kappa shape index (κ1) is 17.9. The highest BCUT2D eigenvalue weighted by Crippen LogP contribution is 2.16. The van der Waals surface area contributed by atoms with Crippen LogP contribution >= 0.6 is 11.6 Å². The number of piperidine rings is 1. The van der Waals surface area contributed by atoms with E-state index in [9.17, 15) is 4.79 Å². The Morgan fingerprint density at radius 1 is 1.32 bits per heavy atom. The Morgan fingerprint density at radius 2 is 2.08 bits per heavy atom. The molecular weight excluding hydrogens is 338 g/mol. The Morgan fingerprint density at radius 3 is 2.80 bits per heavy atom. The number of nitrogens with one attached hydrogen (secondary N) is 1. The first-order chi connectivity index (χ1) is 12.0. The minimum atomic E-state index is -0.184. The van der Waals surface area contributed by atoms with Crippen LogP contribution in [0.4, 0.5) is 0 Å². The first-order valence-corrected chi connectivity index (χ1v) is 9.11. The van der Waals surface area contributed by atoms with Crippen LogP contribution in [-0.2, 0) is 0 Å². The average molecular weight is 362 g/mol. The molecule has 0 atom stereocenters. The average Bonchev–Trinajstić information content (AvgIpc) is 2.98. The predicted octanol–water partition coefficient (Wildman–Crippen LogP) is 2.69. The summed E-state index contributed by atoms with van der Waals surface area (Å²) in [4.78, 5) is 16.2. The van der Waals surface area contributed by atoms with Gasteiger partial charge in [-0.2, -0.15) is 9.90 Å². The zero-order chi connectivity index (χ0) is 17.8. The molecule has 1 N–H and O–H groups in total. The van der Waals surface area contributed by atoms with Gasteiger partial charge in [0, 0.05) is 18.1 Å². The van der Waals surface area contributed by atoms with E-state index in [1.807, 2.05) is 12.1 Å². The van der Waals surface area contributed by atoms with E-state index in [-0.39, 0.29) is 5.91 Å². The molecule has 25 heavy (non-hydrogen) atoms. The van der Waals surface area contributed by atoms with E-state index < -0.39 is 0 Å². The number of carbonyl (C=O) groups excluding carboxylic acids is 1. The van der Waals surface area contributed by atoms with Crippen molar-refractivity contribution in [2.24, 2.45) is 5.92 Å². The van der Waals surface area contributed by atoms with Crippen LogP contribution in [0.2, 0.25) is 5.02 Å². The molecule has 134 valence electrons. The molecule has 3 rings (SSSR count). The van der Waals surface area contributed by atoms with Gasteiger partial charge in [-0.25, -0.2) is 0 Å². The molecule has 0 bridgehead atoms. The van der Waals surface area contributed by atoms with Crippen LogP contribution in [0.5, 0.6) is 0 Å². The number of carbonyl (C=O) groups is 1. The zero-order valence-corrected chi connectivity index (χ0v) is 15.5. The van der Waals surface area contributed by atoms with Crippen LogP contribution in [-0.4, -0.2) is 52.0 Å². The molecule has 1 aromatic carbocycles. The van der Waals surface area contributed by atoms with Crippen molar-refractivity contribution in [1.82, 2.24) is 25.2 Å². The molecule has 1 aliphatic rings. The molecule has 2 heterocycles. The summed E-state index contributed by atoms with van der Waals surface area (Å²) in [5.74, 6) is 0.631. The topological polar surface area (TPSA) is 63.1 Å². The second-order valence-electron chi connectivity index (χ2n) is 6.68. The monoisotopic (exact) mass is 361 g/mol. The third-order valence-corrected chi connectivity index (χ3v) is 4.86. The minimum Gasteiger partial charge on any atom is -0.349 e. The van der Waals surface area contributed by atoms with Gasteiger partial charge >= 0.3 is 0 Å². The molecule has 2 aromatic rings. The standard InChI is InChI=1S/C18H24ClN5O/c1-13-6-9-23(10-7-13)11-8-20-18(25)17-14(2)21-24(22-17)16-5-3-4-15(19)12-16/h3-5,12-13H,6-11H2,1-2H3,(H,20,25). The van der Waals surface area contributed by atoms with Crippen LogP contribution in [0.15, 0.2) is 24.3 Å². The van der Waals surface area contributed by atoms with Crippen molar-refractivity contribution in [3.05, 3.63) is 40.7 Å². The van der Waals surface area contributed by atoms with E-state index in [0.717, 1.165) is 31.2 Å². The molecular formula is C18H24ClN5O. The fourth-order valence-electron chi connectivity index (χ4n) is 3.00. The number of rotatable bonds is 5. The molecule has 0 unspecified atom stereocenters. The second kappa shape index (κ2) is 7.97. The third kappa shape index (κ3) is 4.58. The largest absolute Gasteiger partial charge is 0.349 e.